The third-order valence-electron chi connectivity index (χ3n) is 3.77. The molecule has 1 aliphatic rings. The molecule has 1 aromatic carbocycles. The average Bonchev–Trinajstić information content (AvgIpc) is 2.35. The van der Waals surface area contributed by atoms with Gasteiger partial charge in [-0.25, -0.2) is 0 Å². The highest BCUT2D eigenvalue weighted by atomic mass is 15.0. The molecule has 1 aliphatic carbocycles. The summed E-state index contributed by atoms with van der Waals surface area (Å²) in [6, 6.07) is 13.5. The third-order valence-corrected chi connectivity index (χ3v) is 3.77. The van der Waals surface area contributed by atoms with E-state index in [0.29, 0.717) is 12.1 Å². The summed E-state index contributed by atoms with van der Waals surface area (Å²) in [4.78, 5) is 0. The highest BCUT2D eigenvalue weighted by molar-refractivity contribution is 5.36. The van der Waals surface area contributed by atoms with Crippen LogP contribution in [0.15, 0.2) is 43.0 Å². The Hall–Kier alpha value is -1.59. The normalized spacial score (nSPS) is 27.9. The molecular weight excluding hydrogens is 220 g/mol. The fraction of sp³-hybridized carbons (Fsp3) is 0.438. The fourth-order valence-electron chi connectivity index (χ4n) is 2.77. The molecule has 0 bridgehead atoms. The number of nitrogens with one attached hydrogen (secondary N) is 1. The van der Waals surface area contributed by atoms with Crippen molar-refractivity contribution in [3.63, 3.8) is 0 Å². The van der Waals surface area contributed by atoms with Gasteiger partial charge in [-0.1, -0.05) is 36.4 Å². The molecule has 1 atom stereocenters. The lowest BCUT2D eigenvalue weighted by Gasteiger charge is -2.44. The minimum Gasteiger partial charge on any atom is -0.311 e. The molecule has 1 unspecified atom stereocenters. The number of benzene rings is 1. The van der Waals surface area contributed by atoms with Crippen LogP contribution in [0.2, 0.25) is 0 Å². The lowest BCUT2D eigenvalue weighted by molar-refractivity contribution is 0.212. The van der Waals surface area contributed by atoms with Crippen molar-refractivity contribution < 1.29 is 0 Å². The van der Waals surface area contributed by atoms with Crippen LogP contribution in [0.25, 0.3) is 0 Å². The van der Waals surface area contributed by atoms with Crippen molar-refractivity contribution in [1.82, 2.24) is 5.32 Å². The topological polar surface area (TPSA) is 35.8 Å². The average molecular weight is 240 g/mol. The first kappa shape index (κ1) is 12.9. The maximum atomic E-state index is 9.45. The van der Waals surface area contributed by atoms with Gasteiger partial charge in [0.05, 0.1) is 11.5 Å². The van der Waals surface area contributed by atoms with Crippen molar-refractivity contribution in [2.75, 3.05) is 0 Å². The smallest absolute Gasteiger partial charge is 0.0852 e. The van der Waals surface area contributed by atoms with E-state index in [-0.39, 0.29) is 5.41 Å². The molecule has 2 heteroatoms. The Morgan fingerprint density at radius 2 is 2.17 bits per heavy atom. The van der Waals surface area contributed by atoms with E-state index in [1.165, 1.54) is 0 Å². The van der Waals surface area contributed by atoms with Gasteiger partial charge in [-0.2, -0.15) is 5.26 Å². The molecule has 0 spiro atoms. The predicted molar refractivity (Wildman–Crippen MR) is 74.2 cm³/mol. The molecule has 0 aliphatic heterocycles. The van der Waals surface area contributed by atoms with E-state index >= 15 is 0 Å². The summed E-state index contributed by atoms with van der Waals surface area (Å²) < 4.78 is 0. The maximum absolute atomic E-state index is 9.45. The van der Waals surface area contributed by atoms with E-state index in [4.69, 9.17) is 0 Å². The lowest BCUT2D eigenvalue weighted by atomic mass is 9.62. The molecule has 18 heavy (non-hydrogen) atoms. The minimum absolute atomic E-state index is 0.271. The quantitative estimate of drug-likeness (QED) is 0.802. The highest BCUT2D eigenvalue weighted by Gasteiger charge is 2.46. The number of nitrogens with zero attached hydrogens (tertiary/aromatic N) is 1. The SMILES string of the molecule is C=CCC(C)NC1CC(C#N)(c2ccccc2)C1. The Morgan fingerprint density at radius 1 is 1.50 bits per heavy atom. The monoisotopic (exact) mass is 240 g/mol. The van der Waals surface area contributed by atoms with Crippen LogP contribution in [-0.4, -0.2) is 12.1 Å². The summed E-state index contributed by atoms with van der Waals surface area (Å²) in [6.07, 6.45) is 4.73. The molecule has 0 amide bonds. The van der Waals surface area contributed by atoms with E-state index in [9.17, 15) is 5.26 Å². The second-order valence-corrected chi connectivity index (χ2v) is 5.26. The van der Waals surface area contributed by atoms with Crippen LogP contribution < -0.4 is 5.32 Å². The van der Waals surface area contributed by atoms with E-state index < -0.39 is 0 Å². The Morgan fingerprint density at radius 3 is 2.72 bits per heavy atom. The number of hydrogen-bond acceptors (Lipinski definition) is 2. The summed E-state index contributed by atoms with van der Waals surface area (Å²) in [6.45, 7) is 5.92. The van der Waals surface area contributed by atoms with Crippen LogP contribution in [0, 0.1) is 11.3 Å². The molecular formula is C16H20N2. The second-order valence-electron chi connectivity index (χ2n) is 5.26. The first-order valence-electron chi connectivity index (χ1n) is 6.54. The molecule has 1 N–H and O–H groups in total. The highest BCUT2D eigenvalue weighted by Crippen LogP contribution is 2.43. The zero-order valence-electron chi connectivity index (χ0n) is 10.9. The summed E-state index contributed by atoms with van der Waals surface area (Å²) in [5.74, 6) is 0. The largest absolute Gasteiger partial charge is 0.311 e. The molecule has 2 nitrogen and oxygen atoms in total. The Bertz CT molecular complexity index is 438. The molecule has 0 aromatic heterocycles. The van der Waals surface area contributed by atoms with E-state index in [1.54, 1.807) is 0 Å². The van der Waals surface area contributed by atoms with Gasteiger partial charge in [-0.15, -0.1) is 6.58 Å². The Kier molecular flexibility index (Phi) is 3.84. The number of hydrogen-bond donors (Lipinski definition) is 1. The van der Waals surface area contributed by atoms with Crippen LogP contribution in [0.4, 0.5) is 0 Å². The molecule has 0 heterocycles. The van der Waals surface area contributed by atoms with Crippen LogP contribution in [-0.2, 0) is 5.41 Å². The van der Waals surface area contributed by atoms with Crippen molar-refractivity contribution in [3.05, 3.63) is 48.6 Å². The van der Waals surface area contributed by atoms with Crippen molar-refractivity contribution in [2.24, 2.45) is 0 Å². The third kappa shape index (κ3) is 2.47. The van der Waals surface area contributed by atoms with Crippen LogP contribution in [0.5, 0.6) is 0 Å². The van der Waals surface area contributed by atoms with Gasteiger partial charge in [-0.05, 0) is 31.7 Å². The predicted octanol–water partition coefficient (Wildman–Crippen LogP) is 3.16. The van der Waals surface area contributed by atoms with Crippen molar-refractivity contribution in [3.8, 4) is 6.07 Å². The molecule has 0 saturated heterocycles. The van der Waals surface area contributed by atoms with Gasteiger partial charge >= 0.3 is 0 Å². The van der Waals surface area contributed by atoms with Gasteiger partial charge in [0.2, 0.25) is 0 Å². The zero-order chi connectivity index (χ0) is 13.0. The summed E-state index contributed by atoms with van der Waals surface area (Å²) in [7, 11) is 0. The van der Waals surface area contributed by atoms with Crippen molar-refractivity contribution in [1.29, 1.82) is 5.26 Å². The number of rotatable bonds is 5. The number of nitriles is 1. The standard InChI is InChI=1S/C16H20N2/c1-3-7-13(2)18-15-10-16(11-15,12-17)14-8-5-4-6-9-14/h3-6,8-9,13,15,18H,1,7,10-11H2,2H3. The Balaban J connectivity index is 1.97. The van der Waals surface area contributed by atoms with Crippen molar-refractivity contribution >= 4 is 0 Å². The van der Waals surface area contributed by atoms with E-state index in [0.717, 1.165) is 24.8 Å². The first-order chi connectivity index (χ1) is 8.70. The zero-order valence-corrected chi connectivity index (χ0v) is 10.9. The van der Waals surface area contributed by atoms with Crippen LogP contribution in [0.3, 0.4) is 0 Å². The van der Waals surface area contributed by atoms with Crippen LogP contribution in [0.1, 0.15) is 31.7 Å². The Labute approximate surface area is 109 Å². The lowest BCUT2D eigenvalue weighted by Crippen LogP contribution is -2.53. The molecule has 1 saturated carbocycles. The van der Waals surface area contributed by atoms with Gasteiger partial charge < -0.3 is 5.32 Å². The molecule has 1 fully saturated rings. The van der Waals surface area contributed by atoms with Gasteiger partial charge in [0.15, 0.2) is 0 Å². The van der Waals surface area contributed by atoms with Gasteiger partial charge in [0.1, 0.15) is 0 Å². The van der Waals surface area contributed by atoms with Gasteiger partial charge in [-0.3, -0.25) is 0 Å². The summed E-state index contributed by atoms with van der Waals surface area (Å²) in [5.41, 5.74) is 0.884. The van der Waals surface area contributed by atoms with Crippen LogP contribution >= 0.6 is 0 Å². The first-order valence-corrected chi connectivity index (χ1v) is 6.54. The molecule has 1 aromatic rings. The molecule has 94 valence electrons. The summed E-state index contributed by atoms with van der Waals surface area (Å²) in [5, 5.41) is 13.0. The second kappa shape index (κ2) is 5.37. The van der Waals surface area contributed by atoms with E-state index in [2.05, 4.69) is 37.0 Å². The van der Waals surface area contributed by atoms with E-state index in [1.807, 2.05) is 24.3 Å². The fourth-order valence-corrected chi connectivity index (χ4v) is 2.77. The van der Waals surface area contributed by atoms with Gasteiger partial charge in [0.25, 0.3) is 0 Å². The maximum Gasteiger partial charge on any atom is 0.0852 e. The van der Waals surface area contributed by atoms with Gasteiger partial charge in [0, 0.05) is 12.1 Å². The summed E-state index contributed by atoms with van der Waals surface area (Å²) >= 11 is 0. The molecule has 2 rings (SSSR count). The minimum atomic E-state index is -0.271. The van der Waals surface area contributed by atoms with Crippen molar-refractivity contribution in [2.45, 2.75) is 43.7 Å². The molecule has 0 radical (unpaired) electrons.